The van der Waals surface area contributed by atoms with Gasteiger partial charge in [0.2, 0.25) is 0 Å². The summed E-state index contributed by atoms with van der Waals surface area (Å²) in [5.74, 6) is 0.127. The molecule has 0 spiro atoms. The van der Waals surface area contributed by atoms with E-state index in [2.05, 4.69) is 43.8 Å². The summed E-state index contributed by atoms with van der Waals surface area (Å²) in [5, 5.41) is 12.0. The number of methoxy groups -OCH3 is 1. The molecule has 0 radical (unpaired) electrons. The van der Waals surface area contributed by atoms with E-state index in [-0.39, 0.29) is 5.57 Å². The van der Waals surface area contributed by atoms with Gasteiger partial charge in [-0.2, -0.15) is 5.26 Å². The number of benzene rings is 2. The van der Waals surface area contributed by atoms with Crippen molar-refractivity contribution in [3.05, 3.63) is 61.6 Å². The van der Waals surface area contributed by atoms with E-state index < -0.39 is 5.91 Å². The van der Waals surface area contributed by atoms with Crippen molar-refractivity contribution in [1.82, 2.24) is 0 Å². The van der Waals surface area contributed by atoms with Gasteiger partial charge < -0.3 is 10.1 Å². The molecule has 0 unspecified atom stereocenters. The maximum Gasteiger partial charge on any atom is 0.266 e. The summed E-state index contributed by atoms with van der Waals surface area (Å²) < 4.78 is 6.99. The first-order valence-corrected chi connectivity index (χ1v) is 8.43. The molecule has 0 heterocycles. The second-order valence-corrected chi connectivity index (χ2v) is 6.57. The Hall–Kier alpha value is -1.85. The molecular formula is C17H12BrIN2O2. The van der Waals surface area contributed by atoms with Crippen LogP contribution in [-0.4, -0.2) is 13.0 Å². The van der Waals surface area contributed by atoms with Gasteiger partial charge in [0, 0.05) is 13.6 Å². The average molecular weight is 483 g/mol. The summed E-state index contributed by atoms with van der Waals surface area (Å²) in [6.45, 7) is 0. The fourth-order valence-corrected chi connectivity index (χ4v) is 2.78. The van der Waals surface area contributed by atoms with Crippen molar-refractivity contribution in [3.63, 3.8) is 0 Å². The van der Waals surface area contributed by atoms with Crippen molar-refractivity contribution in [3.8, 4) is 11.8 Å². The smallest absolute Gasteiger partial charge is 0.266 e. The molecule has 116 valence electrons. The highest BCUT2D eigenvalue weighted by molar-refractivity contribution is 14.1. The van der Waals surface area contributed by atoms with Crippen LogP contribution in [0.2, 0.25) is 0 Å². The quantitative estimate of drug-likeness (QED) is 0.393. The Morgan fingerprint density at radius 1 is 1.35 bits per heavy atom. The molecule has 0 saturated heterocycles. The molecule has 0 aliphatic heterocycles. The first kappa shape index (κ1) is 17.5. The standard InChI is InChI=1S/C17H12BrIN2O2/c1-23-16-7-6-13(18)9-11(16)8-12(10-20)17(22)21-15-5-3-2-4-14(15)19/h2-9H,1H3,(H,21,22)/b12-8-. The minimum Gasteiger partial charge on any atom is -0.496 e. The zero-order valence-electron chi connectivity index (χ0n) is 12.1. The Kier molecular flexibility index (Phi) is 6.19. The summed E-state index contributed by atoms with van der Waals surface area (Å²) in [6.07, 6.45) is 1.51. The summed E-state index contributed by atoms with van der Waals surface area (Å²) in [4.78, 5) is 12.3. The minimum absolute atomic E-state index is 0.000975. The fraction of sp³-hybridized carbons (Fsp3) is 0.0588. The highest BCUT2D eigenvalue weighted by Gasteiger charge is 2.12. The molecule has 0 aliphatic rings. The topological polar surface area (TPSA) is 62.1 Å². The highest BCUT2D eigenvalue weighted by atomic mass is 127. The molecule has 0 aliphatic carbocycles. The monoisotopic (exact) mass is 482 g/mol. The van der Waals surface area contributed by atoms with Gasteiger partial charge in [-0.3, -0.25) is 4.79 Å². The van der Waals surface area contributed by atoms with Gasteiger partial charge in [-0.1, -0.05) is 28.1 Å². The number of amides is 1. The normalized spacial score (nSPS) is 10.8. The van der Waals surface area contributed by atoms with Gasteiger partial charge in [-0.05, 0) is 59.0 Å². The van der Waals surface area contributed by atoms with Gasteiger partial charge in [0.25, 0.3) is 5.91 Å². The van der Waals surface area contributed by atoms with Crippen LogP contribution in [0.5, 0.6) is 5.75 Å². The Labute approximate surface area is 156 Å². The Bertz CT molecular complexity index is 812. The van der Waals surface area contributed by atoms with Gasteiger partial charge >= 0.3 is 0 Å². The first-order chi connectivity index (χ1) is 11.0. The molecule has 0 fully saturated rings. The number of halogens is 2. The molecule has 1 N–H and O–H groups in total. The SMILES string of the molecule is COc1ccc(Br)cc1/C=C(/C#N)C(=O)Nc1ccccc1I. The van der Waals surface area contributed by atoms with Gasteiger partial charge in [0.15, 0.2) is 0 Å². The predicted octanol–water partition coefficient (Wildman–Crippen LogP) is 4.61. The molecule has 0 atom stereocenters. The molecule has 2 aromatic rings. The van der Waals surface area contributed by atoms with E-state index >= 15 is 0 Å². The van der Waals surface area contributed by atoms with Gasteiger partial charge in [0.05, 0.1) is 12.8 Å². The number of anilines is 1. The van der Waals surface area contributed by atoms with Gasteiger partial charge in [0.1, 0.15) is 17.4 Å². The maximum absolute atomic E-state index is 12.3. The number of hydrogen-bond donors (Lipinski definition) is 1. The van der Waals surface area contributed by atoms with Crippen LogP contribution in [0.1, 0.15) is 5.56 Å². The van der Waals surface area contributed by atoms with E-state index in [4.69, 9.17) is 4.74 Å². The molecule has 23 heavy (non-hydrogen) atoms. The number of hydrogen-bond acceptors (Lipinski definition) is 3. The van der Waals surface area contributed by atoms with Gasteiger partial charge in [-0.15, -0.1) is 0 Å². The largest absolute Gasteiger partial charge is 0.496 e. The van der Waals surface area contributed by atoms with Crippen molar-refractivity contribution in [2.24, 2.45) is 0 Å². The third-order valence-corrected chi connectivity index (χ3v) is 4.41. The van der Waals surface area contributed by atoms with Crippen molar-refractivity contribution in [2.75, 3.05) is 12.4 Å². The zero-order chi connectivity index (χ0) is 16.8. The zero-order valence-corrected chi connectivity index (χ0v) is 15.9. The van der Waals surface area contributed by atoms with E-state index in [1.807, 2.05) is 30.3 Å². The van der Waals surface area contributed by atoms with Crippen molar-refractivity contribution >= 4 is 56.2 Å². The lowest BCUT2D eigenvalue weighted by Gasteiger charge is -2.08. The maximum atomic E-state index is 12.3. The minimum atomic E-state index is -0.460. The van der Waals surface area contributed by atoms with E-state index in [1.54, 1.807) is 25.3 Å². The molecular weight excluding hydrogens is 471 g/mol. The number of ether oxygens (including phenoxy) is 1. The first-order valence-electron chi connectivity index (χ1n) is 6.56. The summed E-state index contributed by atoms with van der Waals surface area (Å²) in [7, 11) is 1.54. The second-order valence-electron chi connectivity index (χ2n) is 4.49. The molecule has 0 aromatic heterocycles. The van der Waals surface area contributed by atoms with Crippen LogP contribution in [-0.2, 0) is 4.79 Å². The molecule has 6 heteroatoms. The van der Waals surface area contributed by atoms with Crippen LogP contribution < -0.4 is 10.1 Å². The second kappa shape index (κ2) is 8.13. The number of nitriles is 1. The lowest BCUT2D eigenvalue weighted by Crippen LogP contribution is -2.14. The summed E-state index contributed by atoms with van der Waals surface area (Å²) >= 11 is 5.49. The van der Waals surface area contributed by atoms with E-state index in [1.165, 1.54) is 6.08 Å². The lowest BCUT2D eigenvalue weighted by molar-refractivity contribution is -0.112. The van der Waals surface area contributed by atoms with Gasteiger partial charge in [-0.25, -0.2) is 0 Å². The number of carbonyl (C=O) groups excluding carboxylic acids is 1. The average Bonchev–Trinajstić information content (AvgIpc) is 2.54. The summed E-state index contributed by atoms with van der Waals surface area (Å²) in [6, 6.07) is 14.7. The summed E-state index contributed by atoms with van der Waals surface area (Å²) in [5.41, 5.74) is 1.32. The lowest BCUT2D eigenvalue weighted by atomic mass is 10.1. The van der Waals surface area contributed by atoms with Crippen molar-refractivity contribution < 1.29 is 9.53 Å². The molecule has 1 amide bonds. The Morgan fingerprint density at radius 2 is 2.09 bits per heavy atom. The van der Waals surface area contributed by atoms with E-state index in [9.17, 15) is 10.1 Å². The number of para-hydroxylation sites is 1. The third-order valence-electron chi connectivity index (χ3n) is 2.98. The van der Waals surface area contributed by atoms with Crippen LogP contribution in [0.15, 0.2) is 52.5 Å². The Balaban J connectivity index is 2.33. The number of carbonyl (C=O) groups is 1. The van der Waals surface area contributed by atoms with E-state index in [0.29, 0.717) is 17.0 Å². The van der Waals surface area contributed by atoms with Crippen LogP contribution in [0.3, 0.4) is 0 Å². The highest BCUT2D eigenvalue weighted by Crippen LogP contribution is 2.25. The molecule has 2 aromatic carbocycles. The molecule has 4 nitrogen and oxygen atoms in total. The number of nitrogens with zero attached hydrogens (tertiary/aromatic N) is 1. The van der Waals surface area contributed by atoms with Crippen LogP contribution in [0, 0.1) is 14.9 Å². The number of rotatable bonds is 4. The predicted molar refractivity (Wildman–Crippen MR) is 102 cm³/mol. The fourth-order valence-electron chi connectivity index (χ4n) is 1.87. The third kappa shape index (κ3) is 4.56. The molecule has 0 bridgehead atoms. The van der Waals surface area contributed by atoms with Crippen LogP contribution in [0.25, 0.3) is 6.08 Å². The van der Waals surface area contributed by atoms with Crippen LogP contribution >= 0.6 is 38.5 Å². The van der Waals surface area contributed by atoms with Crippen LogP contribution in [0.4, 0.5) is 5.69 Å². The van der Waals surface area contributed by atoms with Crippen molar-refractivity contribution in [1.29, 1.82) is 5.26 Å². The van der Waals surface area contributed by atoms with E-state index in [0.717, 1.165) is 8.04 Å². The Morgan fingerprint density at radius 3 is 2.74 bits per heavy atom. The molecule has 2 rings (SSSR count). The van der Waals surface area contributed by atoms with Crippen molar-refractivity contribution in [2.45, 2.75) is 0 Å². The molecule has 0 saturated carbocycles. The number of nitrogens with one attached hydrogen (secondary N) is 1.